The molecule has 1 amide bonds. The van der Waals surface area contributed by atoms with Gasteiger partial charge in [-0.15, -0.1) is 0 Å². The second kappa shape index (κ2) is 7.88. The van der Waals surface area contributed by atoms with Gasteiger partial charge in [-0.05, 0) is 68.1 Å². The molecule has 2 aromatic carbocycles. The monoisotopic (exact) mass is 406 g/mol. The Balaban J connectivity index is 1.69. The first-order valence-corrected chi connectivity index (χ1v) is 10.1. The van der Waals surface area contributed by atoms with Gasteiger partial charge >= 0.3 is 0 Å². The number of hydrogen-bond acceptors (Lipinski definition) is 4. The number of nitrogens with one attached hydrogen (secondary N) is 1. The number of imidazole rings is 1. The highest BCUT2D eigenvalue weighted by Gasteiger charge is 2.36. The van der Waals surface area contributed by atoms with E-state index in [-0.39, 0.29) is 30.0 Å². The summed E-state index contributed by atoms with van der Waals surface area (Å²) >= 11 is 0. The Hall–Kier alpha value is -3.24. The fourth-order valence-corrected chi connectivity index (χ4v) is 4.27. The predicted molar refractivity (Wildman–Crippen MR) is 112 cm³/mol. The fraction of sp³-hybridized carbons (Fsp3) is 0.348. The molecule has 0 radical (unpaired) electrons. The molecule has 0 spiro atoms. The molecule has 4 rings (SSSR count). The summed E-state index contributed by atoms with van der Waals surface area (Å²) < 4.78 is 15.1. The van der Waals surface area contributed by atoms with E-state index < -0.39 is 5.60 Å². The minimum Gasteiger partial charge on any atom is -0.389 e. The number of aromatic nitrogens is 2. The van der Waals surface area contributed by atoms with E-state index in [0.717, 1.165) is 25.7 Å². The molecule has 1 aromatic heterocycles. The molecule has 30 heavy (non-hydrogen) atoms. The predicted octanol–water partition coefficient (Wildman–Crippen LogP) is 4.31. The number of carbonyl (C=O) groups excluding carboxylic acids is 1. The van der Waals surface area contributed by atoms with Gasteiger partial charge in [-0.2, -0.15) is 5.26 Å². The van der Waals surface area contributed by atoms with Gasteiger partial charge in [0.15, 0.2) is 0 Å². The van der Waals surface area contributed by atoms with Gasteiger partial charge in [-0.1, -0.05) is 12.8 Å². The van der Waals surface area contributed by atoms with E-state index in [1.165, 1.54) is 12.1 Å². The maximum atomic E-state index is 13.4. The highest BCUT2D eigenvalue weighted by atomic mass is 19.1. The van der Waals surface area contributed by atoms with Crippen molar-refractivity contribution in [1.29, 1.82) is 5.26 Å². The van der Waals surface area contributed by atoms with Crippen LogP contribution in [0.1, 0.15) is 44.6 Å². The van der Waals surface area contributed by atoms with Gasteiger partial charge in [0.1, 0.15) is 5.82 Å². The summed E-state index contributed by atoms with van der Waals surface area (Å²) in [5.74, 6) is -0.346. The van der Waals surface area contributed by atoms with Crippen molar-refractivity contribution in [3.63, 3.8) is 0 Å². The summed E-state index contributed by atoms with van der Waals surface area (Å²) in [6.07, 6.45) is 3.96. The quantitative estimate of drug-likeness (QED) is 0.661. The Morgan fingerprint density at radius 1 is 1.30 bits per heavy atom. The van der Waals surface area contributed by atoms with Crippen LogP contribution in [-0.2, 0) is 4.79 Å². The third-order valence-electron chi connectivity index (χ3n) is 5.87. The van der Waals surface area contributed by atoms with Gasteiger partial charge in [0.25, 0.3) is 0 Å². The summed E-state index contributed by atoms with van der Waals surface area (Å²) in [5.41, 5.74) is 1.19. The van der Waals surface area contributed by atoms with E-state index in [1.807, 2.05) is 0 Å². The molecule has 7 heteroatoms. The first-order chi connectivity index (χ1) is 14.4. The van der Waals surface area contributed by atoms with Crippen LogP contribution in [0.3, 0.4) is 0 Å². The number of fused-ring (bicyclic) bond motifs is 1. The van der Waals surface area contributed by atoms with Gasteiger partial charge in [0.2, 0.25) is 11.9 Å². The van der Waals surface area contributed by atoms with Crippen molar-refractivity contribution in [1.82, 2.24) is 9.55 Å². The molecule has 2 N–H and O–H groups in total. The Morgan fingerprint density at radius 3 is 2.67 bits per heavy atom. The minimum absolute atomic E-state index is 0.0340. The maximum Gasteiger partial charge on any atom is 0.229 e. The average molecular weight is 406 g/mol. The van der Waals surface area contributed by atoms with E-state index in [9.17, 15) is 19.6 Å². The van der Waals surface area contributed by atoms with Gasteiger partial charge in [0, 0.05) is 5.69 Å². The second-order valence-electron chi connectivity index (χ2n) is 8.13. The summed E-state index contributed by atoms with van der Waals surface area (Å²) in [6, 6.07) is 13.0. The number of halogens is 1. The van der Waals surface area contributed by atoms with Crippen molar-refractivity contribution < 1.29 is 14.3 Å². The Morgan fingerprint density at radius 2 is 2.00 bits per heavy atom. The first kappa shape index (κ1) is 20.0. The number of benzene rings is 2. The lowest BCUT2D eigenvalue weighted by atomic mass is 9.85. The standard InChI is InChI=1S/C23H23FN4O2/c1-23(30,16-4-2-3-5-16)13-21(29)27-22-26-19-11-6-15(14-25)12-20(19)28(22)18-9-7-17(24)8-10-18/h6-12,16,30H,2-5,13H2,1H3,(H,26,27,29). The number of nitrogens with zero attached hydrogens (tertiary/aromatic N) is 3. The van der Waals surface area contributed by atoms with E-state index in [1.54, 1.807) is 41.8 Å². The van der Waals surface area contributed by atoms with E-state index in [2.05, 4.69) is 16.4 Å². The Kier molecular flexibility index (Phi) is 5.27. The number of nitriles is 1. The lowest BCUT2D eigenvalue weighted by molar-refractivity contribution is -0.122. The van der Waals surface area contributed by atoms with Gasteiger partial charge < -0.3 is 5.11 Å². The van der Waals surface area contributed by atoms with Crippen LogP contribution >= 0.6 is 0 Å². The highest BCUT2D eigenvalue weighted by Crippen LogP contribution is 2.36. The number of aliphatic hydroxyl groups is 1. The number of carbonyl (C=O) groups is 1. The molecule has 1 unspecified atom stereocenters. The van der Waals surface area contributed by atoms with E-state index >= 15 is 0 Å². The van der Waals surface area contributed by atoms with Crippen LogP contribution in [0.15, 0.2) is 42.5 Å². The van der Waals surface area contributed by atoms with Crippen LogP contribution in [0.4, 0.5) is 10.3 Å². The highest BCUT2D eigenvalue weighted by molar-refractivity contribution is 5.93. The van der Waals surface area contributed by atoms with Crippen molar-refractivity contribution in [2.24, 2.45) is 5.92 Å². The average Bonchev–Trinajstić information content (AvgIpc) is 3.36. The fourth-order valence-electron chi connectivity index (χ4n) is 4.27. The Labute approximate surface area is 174 Å². The molecule has 1 aliphatic carbocycles. The number of anilines is 1. The molecular weight excluding hydrogens is 383 g/mol. The minimum atomic E-state index is -1.08. The van der Waals surface area contributed by atoms with E-state index in [4.69, 9.17) is 0 Å². The largest absolute Gasteiger partial charge is 0.389 e. The molecule has 0 aliphatic heterocycles. The normalized spacial score (nSPS) is 16.3. The number of amides is 1. The lowest BCUT2D eigenvalue weighted by Gasteiger charge is -2.29. The molecule has 6 nitrogen and oxygen atoms in total. The molecule has 1 heterocycles. The summed E-state index contributed by atoms with van der Waals surface area (Å²) in [5, 5.41) is 22.9. The molecule has 1 fully saturated rings. The van der Waals surface area contributed by atoms with Crippen LogP contribution in [0.25, 0.3) is 16.7 Å². The molecule has 1 atom stereocenters. The third-order valence-corrected chi connectivity index (χ3v) is 5.87. The summed E-state index contributed by atoms with van der Waals surface area (Å²) in [4.78, 5) is 17.3. The number of rotatable bonds is 5. The molecule has 1 aliphatic rings. The van der Waals surface area contributed by atoms with Crippen LogP contribution in [0.2, 0.25) is 0 Å². The van der Waals surface area contributed by atoms with Crippen LogP contribution < -0.4 is 5.32 Å². The molecule has 154 valence electrons. The number of hydrogen-bond donors (Lipinski definition) is 2. The zero-order valence-corrected chi connectivity index (χ0v) is 16.7. The third kappa shape index (κ3) is 3.91. The van der Waals surface area contributed by atoms with Gasteiger partial charge in [-0.3, -0.25) is 14.7 Å². The van der Waals surface area contributed by atoms with E-state index in [0.29, 0.717) is 22.3 Å². The van der Waals surface area contributed by atoms with Crippen LogP contribution in [-0.4, -0.2) is 26.2 Å². The second-order valence-corrected chi connectivity index (χ2v) is 8.13. The van der Waals surface area contributed by atoms with Crippen molar-refractivity contribution in [2.45, 2.75) is 44.6 Å². The van der Waals surface area contributed by atoms with Crippen molar-refractivity contribution in [3.8, 4) is 11.8 Å². The molecule has 3 aromatic rings. The smallest absolute Gasteiger partial charge is 0.229 e. The van der Waals surface area contributed by atoms with Gasteiger partial charge in [-0.25, -0.2) is 9.37 Å². The Bertz CT molecular complexity index is 1120. The zero-order chi connectivity index (χ0) is 21.3. The van der Waals surface area contributed by atoms with Crippen LogP contribution in [0, 0.1) is 23.1 Å². The maximum absolute atomic E-state index is 13.4. The lowest BCUT2D eigenvalue weighted by Crippen LogP contribution is -2.37. The zero-order valence-electron chi connectivity index (χ0n) is 16.7. The molecule has 1 saturated carbocycles. The van der Waals surface area contributed by atoms with Crippen molar-refractivity contribution in [3.05, 3.63) is 53.8 Å². The van der Waals surface area contributed by atoms with Crippen LogP contribution in [0.5, 0.6) is 0 Å². The topological polar surface area (TPSA) is 90.9 Å². The first-order valence-electron chi connectivity index (χ1n) is 10.1. The summed E-state index contributed by atoms with van der Waals surface area (Å²) in [7, 11) is 0. The molecule has 0 bridgehead atoms. The van der Waals surface area contributed by atoms with Gasteiger partial charge in [0.05, 0.1) is 34.7 Å². The SMILES string of the molecule is CC(O)(CC(=O)Nc1nc2ccc(C#N)cc2n1-c1ccc(F)cc1)C1CCCC1. The molecular formula is C23H23FN4O2. The molecule has 0 saturated heterocycles. The van der Waals surface area contributed by atoms with Crippen molar-refractivity contribution >= 4 is 22.9 Å². The summed E-state index contributed by atoms with van der Waals surface area (Å²) in [6.45, 7) is 1.71. The van der Waals surface area contributed by atoms with Crippen molar-refractivity contribution in [2.75, 3.05) is 5.32 Å².